The summed E-state index contributed by atoms with van der Waals surface area (Å²) in [7, 11) is 0. The summed E-state index contributed by atoms with van der Waals surface area (Å²) in [6.07, 6.45) is 1.53. The zero-order valence-corrected chi connectivity index (χ0v) is 10.2. The quantitative estimate of drug-likeness (QED) is 0.865. The molecule has 2 rings (SSSR count). The Labute approximate surface area is 105 Å². The summed E-state index contributed by atoms with van der Waals surface area (Å²) in [5.74, 6) is -1.97. The average Bonchev–Trinajstić information content (AvgIpc) is 2.28. The van der Waals surface area contributed by atoms with Crippen LogP contribution in [0.3, 0.4) is 0 Å². The van der Waals surface area contributed by atoms with Crippen molar-refractivity contribution < 1.29 is 19.0 Å². The van der Waals surface area contributed by atoms with E-state index in [4.69, 9.17) is 9.84 Å². The van der Waals surface area contributed by atoms with E-state index in [0.717, 1.165) is 32.0 Å². The van der Waals surface area contributed by atoms with Gasteiger partial charge in [0.05, 0.1) is 0 Å². The average molecular weight is 253 g/mol. The van der Waals surface area contributed by atoms with Crippen LogP contribution in [0, 0.1) is 5.82 Å². The zero-order valence-electron chi connectivity index (χ0n) is 10.2. The van der Waals surface area contributed by atoms with Crippen molar-refractivity contribution in [3.63, 3.8) is 0 Å². The molecule has 1 aliphatic heterocycles. The van der Waals surface area contributed by atoms with Crippen LogP contribution in [0.1, 0.15) is 30.1 Å². The molecule has 0 aromatic heterocycles. The number of carboxylic acid groups (broad SMARTS) is 1. The molecule has 0 aliphatic carbocycles. The summed E-state index contributed by atoms with van der Waals surface area (Å²) in [4.78, 5) is 11.1. The molecule has 0 bridgehead atoms. The van der Waals surface area contributed by atoms with Crippen LogP contribution < -0.4 is 10.1 Å². The molecule has 0 saturated carbocycles. The van der Waals surface area contributed by atoms with E-state index in [0.29, 0.717) is 0 Å². The van der Waals surface area contributed by atoms with Gasteiger partial charge < -0.3 is 15.2 Å². The SMILES string of the molecule is CC1(Oc2cccc(F)c2C(=O)O)CCNCC1. The third kappa shape index (κ3) is 2.61. The van der Waals surface area contributed by atoms with E-state index >= 15 is 0 Å². The molecule has 1 aromatic rings. The van der Waals surface area contributed by atoms with Crippen LogP contribution >= 0.6 is 0 Å². The van der Waals surface area contributed by atoms with Crippen LogP contribution in [0.25, 0.3) is 0 Å². The predicted octanol–water partition coefficient (Wildman–Crippen LogP) is 2.04. The van der Waals surface area contributed by atoms with E-state index in [1.807, 2.05) is 6.92 Å². The van der Waals surface area contributed by atoms with Gasteiger partial charge >= 0.3 is 5.97 Å². The number of aromatic carboxylic acids is 1. The number of ether oxygens (including phenoxy) is 1. The van der Waals surface area contributed by atoms with Gasteiger partial charge in [-0.15, -0.1) is 0 Å². The van der Waals surface area contributed by atoms with Gasteiger partial charge in [0.2, 0.25) is 0 Å². The first-order chi connectivity index (χ1) is 8.52. The molecular formula is C13H16FNO3. The van der Waals surface area contributed by atoms with Crippen LogP contribution in [0.15, 0.2) is 18.2 Å². The number of rotatable bonds is 3. The summed E-state index contributed by atoms with van der Waals surface area (Å²) in [6.45, 7) is 3.55. The van der Waals surface area contributed by atoms with Gasteiger partial charge in [-0.2, -0.15) is 0 Å². The fourth-order valence-corrected chi connectivity index (χ4v) is 2.12. The van der Waals surface area contributed by atoms with Crippen LogP contribution in [0.5, 0.6) is 5.75 Å². The highest BCUT2D eigenvalue weighted by atomic mass is 19.1. The third-order valence-electron chi connectivity index (χ3n) is 3.21. The zero-order chi connectivity index (χ0) is 13.2. The number of piperidine rings is 1. The van der Waals surface area contributed by atoms with Gasteiger partial charge in [0, 0.05) is 0 Å². The Kier molecular flexibility index (Phi) is 3.52. The van der Waals surface area contributed by atoms with Crippen molar-refractivity contribution in [2.75, 3.05) is 13.1 Å². The number of hydrogen-bond acceptors (Lipinski definition) is 3. The largest absolute Gasteiger partial charge is 0.486 e. The molecule has 0 amide bonds. The lowest BCUT2D eigenvalue weighted by atomic mass is 9.94. The molecule has 98 valence electrons. The standard InChI is InChI=1S/C13H16FNO3/c1-13(5-7-15-8-6-13)18-10-4-2-3-9(14)11(10)12(16)17/h2-4,15H,5-8H2,1H3,(H,16,17). The van der Waals surface area contributed by atoms with Gasteiger partial charge in [-0.1, -0.05) is 6.07 Å². The normalized spacial score (nSPS) is 18.3. The summed E-state index contributed by atoms with van der Waals surface area (Å²) < 4.78 is 19.3. The van der Waals surface area contributed by atoms with Crippen LogP contribution in [-0.2, 0) is 0 Å². The highest BCUT2D eigenvalue weighted by molar-refractivity contribution is 5.91. The van der Waals surface area contributed by atoms with E-state index in [1.165, 1.54) is 12.1 Å². The van der Waals surface area contributed by atoms with Gasteiger partial charge in [0.1, 0.15) is 22.7 Å². The van der Waals surface area contributed by atoms with Gasteiger partial charge in [-0.05, 0) is 45.0 Å². The Morgan fingerprint density at radius 2 is 2.11 bits per heavy atom. The highest BCUT2D eigenvalue weighted by Crippen LogP contribution is 2.29. The maximum absolute atomic E-state index is 13.5. The highest BCUT2D eigenvalue weighted by Gasteiger charge is 2.30. The summed E-state index contributed by atoms with van der Waals surface area (Å²) in [5, 5.41) is 12.2. The summed E-state index contributed by atoms with van der Waals surface area (Å²) in [5.41, 5.74) is -0.833. The molecule has 1 fully saturated rings. The number of carbonyl (C=O) groups is 1. The first kappa shape index (κ1) is 12.8. The Hall–Kier alpha value is -1.62. The molecule has 4 nitrogen and oxygen atoms in total. The van der Waals surface area contributed by atoms with E-state index in [-0.39, 0.29) is 5.75 Å². The number of carboxylic acids is 1. The van der Waals surface area contributed by atoms with E-state index in [2.05, 4.69) is 5.32 Å². The second-order valence-corrected chi connectivity index (χ2v) is 4.72. The first-order valence-electron chi connectivity index (χ1n) is 5.93. The Balaban J connectivity index is 2.28. The van der Waals surface area contributed by atoms with Gasteiger partial charge in [0.15, 0.2) is 0 Å². The molecule has 0 atom stereocenters. The Morgan fingerprint density at radius 3 is 2.72 bits per heavy atom. The fourth-order valence-electron chi connectivity index (χ4n) is 2.12. The number of halogens is 1. The second kappa shape index (κ2) is 4.94. The van der Waals surface area contributed by atoms with E-state index < -0.39 is 23.0 Å². The molecule has 1 aliphatic rings. The first-order valence-corrected chi connectivity index (χ1v) is 5.93. The molecule has 0 radical (unpaired) electrons. The van der Waals surface area contributed by atoms with Crippen molar-refractivity contribution in [2.45, 2.75) is 25.4 Å². The predicted molar refractivity (Wildman–Crippen MR) is 64.5 cm³/mol. The molecule has 18 heavy (non-hydrogen) atoms. The number of nitrogens with one attached hydrogen (secondary N) is 1. The number of hydrogen-bond donors (Lipinski definition) is 2. The van der Waals surface area contributed by atoms with Crippen molar-refractivity contribution in [1.82, 2.24) is 5.32 Å². The van der Waals surface area contributed by atoms with Gasteiger partial charge in [-0.3, -0.25) is 0 Å². The van der Waals surface area contributed by atoms with Gasteiger partial charge in [0.25, 0.3) is 0 Å². The summed E-state index contributed by atoms with van der Waals surface area (Å²) >= 11 is 0. The van der Waals surface area contributed by atoms with E-state index in [1.54, 1.807) is 0 Å². The number of benzene rings is 1. The molecule has 1 aromatic carbocycles. The van der Waals surface area contributed by atoms with Crippen LogP contribution in [0.2, 0.25) is 0 Å². The topological polar surface area (TPSA) is 58.6 Å². The molecule has 0 spiro atoms. The Morgan fingerprint density at radius 1 is 1.44 bits per heavy atom. The van der Waals surface area contributed by atoms with Crippen molar-refractivity contribution in [1.29, 1.82) is 0 Å². The minimum atomic E-state index is -1.30. The molecule has 1 heterocycles. The molecule has 1 saturated heterocycles. The van der Waals surface area contributed by atoms with Gasteiger partial charge in [-0.25, -0.2) is 9.18 Å². The molecule has 5 heteroatoms. The second-order valence-electron chi connectivity index (χ2n) is 4.72. The van der Waals surface area contributed by atoms with Crippen molar-refractivity contribution >= 4 is 5.97 Å². The lowest BCUT2D eigenvalue weighted by Crippen LogP contribution is -2.44. The monoisotopic (exact) mass is 253 g/mol. The van der Waals surface area contributed by atoms with Crippen LogP contribution in [-0.4, -0.2) is 29.8 Å². The maximum Gasteiger partial charge on any atom is 0.342 e. The van der Waals surface area contributed by atoms with E-state index in [9.17, 15) is 9.18 Å². The lowest BCUT2D eigenvalue weighted by Gasteiger charge is -2.35. The smallest absolute Gasteiger partial charge is 0.342 e. The lowest BCUT2D eigenvalue weighted by molar-refractivity contribution is 0.0505. The third-order valence-corrected chi connectivity index (χ3v) is 3.21. The maximum atomic E-state index is 13.5. The molecular weight excluding hydrogens is 237 g/mol. The van der Waals surface area contributed by atoms with Crippen molar-refractivity contribution in [2.24, 2.45) is 0 Å². The molecule has 2 N–H and O–H groups in total. The molecule has 0 unspecified atom stereocenters. The Bertz CT molecular complexity index is 456. The fraction of sp³-hybridized carbons (Fsp3) is 0.462. The van der Waals surface area contributed by atoms with Crippen LogP contribution in [0.4, 0.5) is 4.39 Å². The summed E-state index contributed by atoms with van der Waals surface area (Å²) in [6, 6.07) is 4.09. The minimum Gasteiger partial charge on any atom is -0.486 e. The minimum absolute atomic E-state index is 0.104. The van der Waals surface area contributed by atoms with Crippen molar-refractivity contribution in [3.8, 4) is 5.75 Å². The van der Waals surface area contributed by atoms with Crippen molar-refractivity contribution in [3.05, 3.63) is 29.6 Å².